The summed E-state index contributed by atoms with van der Waals surface area (Å²) in [5.74, 6) is -0.514. The van der Waals surface area contributed by atoms with Crippen molar-refractivity contribution in [2.75, 3.05) is 10.2 Å². The van der Waals surface area contributed by atoms with Crippen LogP contribution in [0.15, 0.2) is 42.5 Å². The summed E-state index contributed by atoms with van der Waals surface area (Å²) in [6.45, 7) is 5.91. The topological polar surface area (TPSA) is 56.1 Å². The molecule has 0 aliphatic carbocycles. The summed E-state index contributed by atoms with van der Waals surface area (Å²) in [6, 6.07) is 10.3. The smallest absolute Gasteiger partial charge is 0.380 e. The molecule has 2 aliphatic heterocycles. The van der Waals surface area contributed by atoms with Gasteiger partial charge in [-0.3, -0.25) is 9.69 Å². The van der Waals surface area contributed by atoms with Crippen molar-refractivity contribution in [2.24, 2.45) is 0 Å². The van der Waals surface area contributed by atoms with Crippen LogP contribution >= 0.6 is 0 Å². The van der Waals surface area contributed by atoms with E-state index in [9.17, 15) is 23.2 Å². The molecular formula is C24H22F3N3O. The molecule has 2 aromatic rings. The van der Waals surface area contributed by atoms with E-state index in [1.54, 1.807) is 30.3 Å². The number of nitrogens with one attached hydrogen (secondary N) is 1. The van der Waals surface area contributed by atoms with E-state index >= 15 is 0 Å². The van der Waals surface area contributed by atoms with E-state index < -0.39 is 23.7 Å². The molecule has 0 saturated heterocycles. The minimum atomic E-state index is -4.64. The van der Waals surface area contributed by atoms with Gasteiger partial charge in [0.1, 0.15) is 6.04 Å². The maximum absolute atomic E-state index is 13.9. The van der Waals surface area contributed by atoms with E-state index in [1.807, 2.05) is 26.8 Å². The lowest BCUT2D eigenvalue weighted by Gasteiger charge is -2.38. The Morgan fingerprint density at radius 1 is 1.23 bits per heavy atom. The number of allylic oxidation sites excluding steroid dienone is 1. The average Bonchev–Trinajstić information content (AvgIpc) is 2.69. The quantitative estimate of drug-likeness (QED) is 0.644. The first-order valence-corrected chi connectivity index (χ1v) is 10.0. The predicted molar refractivity (Wildman–Crippen MR) is 114 cm³/mol. The fourth-order valence-electron chi connectivity index (χ4n) is 4.13. The number of carbonyl (C=O) groups excluding carboxylic acids is 1. The number of nitriles is 1. The van der Waals surface area contributed by atoms with Crippen LogP contribution in [0.25, 0.3) is 5.57 Å². The molecule has 2 aliphatic rings. The first-order chi connectivity index (χ1) is 14.5. The van der Waals surface area contributed by atoms with Crippen LogP contribution in [-0.4, -0.2) is 23.7 Å². The lowest BCUT2D eigenvalue weighted by atomic mass is 9.85. The number of carbonyl (C=O) groups is 1. The molecule has 2 heterocycles. The van der Waals surface area contributed by atoms with Gasteiger partial charge in [-0.05, 0) is 69.5 Å². The van der Waals surface area contributed by atoms with Gasteiger partial charge in [-0.1, -0.05) is 17.7 Å². The van der Waals surface area contributed by atoms with Crippen LogP contribution < -0.4 is 10.2 Å². The molecule has 1 N–H and O–H groups in total. The lowest BCUT2D eigenvalue weighted by Crippen LogP contribution is -2.43. The molecule has 0 radical (unpaired) electrons. The Bertz CT molecular complexity index is 1120. The number of anilines is 2. The molecule has 4 rings (SSSR count). The zero-order chi connectivity index (χ0) is 22.6. The molecular weight excluding hydrogens is 403 g/mol. The summed E-state index contributed by atoms with van der Waals surface area (Å²) in [5, 5.41) is 13.0. The Morgan fingerprint density at radius 2 is 1.90 bits per heavy atom. The van der Waals surface area contributed by atoms with E-state index in [1.165, 1.54) is 11.0 Å². The van der Waals surface area contributed by atoms with Crippen molar-refractivity contribution in [3.63, 3.8) is 0 Å². The molecule has 1 amide bonds. The monoisotopic (exact) mass is 425 g/mol. The third-order valence-electron chi connectivity index (χ3n) is 5.82. The highest BCUT2D eigenvalue weighted by molar-refractivity contribution is 6.10. The number of aryl methyl sites for hydroxylation is 2. The molecule has 0 fully saturated rings. The van der Waals surface area contributed by atoms with Gasteiger partial charge in [-0.2, -0.15) is 18.4 Å². The fourth-order valence-corrected chi connectivity index (χ4v) is 4.13. The maximum atomic E-state index is 13.9. The molecule has 0 aromatic heterocycles. The summed E-state index contributed by atoms with van der Waals surface area (Å²) >= 11 is 0. The van der Waals surface area contributed by atoms with E-state index in [4.69, 9.17) is 0 Å². The second-order valence-corrected chi connectivity index (χ2v) is 8.73. The van der Waals surface area contributed by atoms with Gasteiger partial charge in [0.15, 0.2) is 0 Å². The Balaban J connectivity index is 1.91. The molecule has 4 nitrogen and oxygen atoms in total. The third kappa shape index (κ3) is 3.78. The van der Waals surface area contributed by atoms with Gasteiger partial charge in [0.2, 0.25) is 0 Å². The standard InChI is InChI=1S/C24H22F3N3O/c1-14-4-6-15(7-5-14)22(31)30-17(13-28)11-19(24(25,26)27)18-10-16-8-9-23(2,3)29-20(16)12-21(18)30/h4-7,10-12,17,29H,8-9H2,1-3H3. The van der Waals surface area contributed by atoms with E-state index in [0.717, 1.165) is 23.6 Å². The summed E-state index contributed by atoms with van der Waals surface area (Å²) < 4.78 is 41.7. The lowest BCUT2D eigenvalue weighted by molar-refractivity contribution is -0.0692. The third-order valence-corrected chi connectivity index (χ3v) is 5.82. The van der Waals surface area contributed by atoms with Crippen LogP contribution in [0.5, 0.6) is 0 Å². The molecule has 0 saturated carbocycles. The van der Waals surface area contributed by atoms with Gasteiger partial charge >= 0.3 is 6.18 Å². The number of halogens is 3. The largest absolute Gasteiger partial charge is 0.416 e. The molecule has 1 unspecified atom stereocenters. The molecule has 0 bridgehead atoms. The van der Waals surface area contributed by atoms with Crippen molar-refractivity contribution < 1.29 is 18.0 Å². The molecule has 160 valence electrons. The van der Waals surface area contributed by atoms with Crippen LogP contribution in [0.1, 0.15) is 47.3 Å². The van der Waals surface area contributed by atoms with E-state index in [2.05, 4.69) is 5.32 Å². The van der Waals surface area contributed by atoms with Crippen LogP contribution in [0.3, 0.4) is 0 Å². The van der Waals surface area contributed by atoms with E-state index in [0.29, 0.717) is 17.7 Å². The Morgan fingerprint density at radius 3 is 2.52 bits per heavy atom. The van der Waals surface area contributed by atoms with Crippen molar-refractivity contribution in [1.29, 1.82) is 5.26 Å². The van der Waals surface area contributed by atoms with Crippen molar-refractivity contribution in [1.82, 2.24) is 0 Å². The minimum Gasteiger partial charge on any atom is -0.380 e. The number of hydrogen-bond donors (Lipinski definition) is 1. The SMILES string of the molecule is Cc1ccc(C(=O)N2c3cc4c(cc3C(C(F)(F)F)=CC2C#N)CCC(C)(C)N4)cc1. The van der Waals surface area contributed by atoms with E-state index in [-0.39, 0.29) is 16.8 Å². The van der Waals surface area contributed by atoms with Gasteiger partial charge in [0.05, 0.1) is 17.3 Å². The summed E-state index contributed by atoms with van der Waals surface area (Å²) in [5.41, 5.74) is 1.64. The Labute approximate surface area is 179 Å². The zero-order valence-electron chi connectivity index (χ0n) is 17.5. The van der Waals surface area contributed by atoms with Crippen LogP contribution in [-0.2, 0) is 6.42 Å². The number of nitrogens with zero attached hydrogens (tertiary/aromatic N) is 2. The van der Waals surface area contributed by atoms with Crippen LogP contribution in [0, 0.1) is 18.3 Å². The number of hydrogen-bond acceptors (Lipinski definition) is 3. The van der Waals surface area contributed by atoms with Gasteiger partial charge in [-0.15, -0.1) is 0 Å². The first-order valence-electron chi connectivity index (χ1n) is 10.0. The van der Waals surface area contributed by atoms with Crippen molar-refractivity contribution in [3.05, 3.63) is 64.7 Å². The predicted octanol–water partition coefficient (Wildman–Crippen LogP) is 5.63. The molecule has 1 atom stereocenters. The summed E-state index contributed by atoms with van der Waals surface area (Å²) in [6.07, 6.45) is -2.39. The summed E-state index contributed by atoms with van der Waals surface area (Å²) in [7, 11) is 0. The highest BCUT2D eigenvalue weighted by atomic mass is 19.4. The Hall–Kier alpha value is -3.27. The van der Waals surface area contributed by atoms with Gasteiger partial charge in [0.25, 0.3) is 5.91 Å². The van der Waals surface area contributed by atoms with Crippen LogP contribution in [0.2, 0.25) is 0 Å². The molecule has 7 heteroatoms. The maximum Gasteiger partial charge on any atom is 0.416 e. The molecule has 0 spiro atoms. The van der Waals surface area contributed by atoms with Crippen molar-refractivity contribution in [2.45, 2.75) is 51.4 Å². The second kappa shape index (κ2) is 7.16. The first kappa shape index (κ1) is 21.0. The summed E-state index contributed by atoms with van der Waals surface area (Å²) in [4.78, 5) is 14.5. The number of benzene rings is 2. The van der Waals surface area contributed by atoms with Crippen molar-refractivity contribution in [3.8, 4) is 6.07 Å². The number of rotatable bonds is 1. The second-order valence-electron chi connectivity index (χ2n) is 8.73. The van der Waals surface area contributed by atoms with Crippen molar-refractivity contribution >= 4 is 22.9 Å². The van der Waals surface area contributed by atoms with Gasteiger partial charge < -0.3 is 5.32 Å². The minimum absolute atomic E-state index is 0.0697. The molecule has 31 heavy (non-hydrogen) atoms. The normalized spacial score (nSPS) is 19.5. The van der Waals surface area contributed by atoms with Gasteiger partial charge in [0, 0.05) is 22.4 Å². The number of fused-ring (bicyclic) bond motifs is 2. The number of alkyl halides is 3. The van der Waals surface area contributed by atoms with Crippen LogP contribution in [0.4, 0.5) is 24.5 Å². The number of amides is 1. The highest BCUT2D eigenvalue weighted by Crippen LogP contribution is 2.46. The molecule has 2 aromatic carbocycles. The van der Waals surface area contributed by atoms with Gasteiger partial charge in [-0.25, -0.2) is 0 Å². The average molecular weight is 425 g/mol. The zero-order valence-corrected chi connectivity index (χ0v) is 17.5. The fraction of sp³-hybridized carbons (Fsp3) is 0.333. The Kier molecular flexibility index (Phi) is 4.84. The highest BCUT2D eigenvalue weighted by Gasteiger charge is 2.43.